The summed E-state index contributed by atoms with van der Waals surface area (Å²) in [5, 5.41) is 12.4. The average Bonchev–Trinajstić information content (AvgIpc) is 2.98. The van der Waals surface area contributed by atoms with E-state index in [1.807, 2.05) is 17.5 Å². The number of ether oxygens (including phenoxy) is 3. The van der Waals surface area contributed by atoms with Crippen molar-refractivity contribution in [3.63, 3.8) is 0 Å². The molecule has 20 heavy (non-hydrogen) atoms. The summed E-state index contributed by atoms with van der Waals surface area (Å²) in [4.78, 5) is 1.12. The monoisotopic (exact) mass is 294 g/mol. The quantitative estimate of drug-likeness (QED) is 0.889. The van der Waals surface area contributed by atoms with Crippen molar-refractivity contribution in [1.29, 1.82) is 0 Å². The van der Waals surface area contributed by atoms with Crippen LogP contribution < -0.4 is 14.2 Å². The molecule has 0 bridgehead atoms. The zero-order valence-corrected chi connectivity index (χ0v) is 12.6. The van der Waals surface area contributed by atoms with E-state index in [1.165, 1.54) is 0 Å². The first-order valence-electron chi connectivity index (χ1n) is 6.20. The molecule has 4 nitrogen and oxygen atoms in total. The smallest absolute Gasteiger partial charge is 0.164 e. The molecule has 0 aliphatic rings. The third-order valence-corrected chi connectivity index (χ3v) is 3.97. The first-order valence-corrected chi connectivity index (χ1v) is 7.08. The summed E-state index contributed by atoms with van der Waals surface area (Å²) in [5.74, 6) is 1.75. The molecule has 1 atom stereocenters. The topological polar surface area (TPSA) is 47.9 Å². The molecule has 1 aromatic heterocycles. The normalized spacial score (nSPS) is 12.0. The van der Waals surface area contributed by atoms with E-state index in [4.69, 9.17) is 14.2 Å². The van der Waals surface area contributed by atoms with Crippen LogP contribution in [0.2, 0.25) is 0 Å². The van der Waals surface area contributed by atoms with Crippen LogP contribution in [0.4, 0.5) is 0 Å². The summed E-state index contributed by atoms with van der Waals surface area (Å²) in [7, 11) is 4.71. The summed E-state index contributed by atoms with van der Waals surface area (Å²) in [5.41, 5.74) is 0.693. The lowest BCUT2D eigenvalue weighted by atomic mass is 10.0. The van der Waals surface area contributed by atoms with Crippen LogP contribution in [-0.4, -0.2) is 26.4 Å². The van der Waals surface area contributed by atoms with Crippen molar-refractivity contribution in [1.82, 2.24) is 0 Å². The number of benzene rings is 1. The lowest BCUT2D eigenvalue weighted by molar-refractivity contribution is 0.174. The van der Waals surface area contributed by atoms with Crippen molar-refractivity contribution in [3.8, 4) is 17.2 Å². The van der Waals surface area contributed by atoms with Gasteiger partial charge in [-0.25, -0.2) is 0 Å². The second kappa shape index (κ2) is 6.63. The molecular weight excluding hydrogens is 276 g/mol. The lowest BCUT2D eigenvalue weighted by Crippen LogP contribution is -2.04. The Bertz CT molecular complexity index is 551. The van der Waals surface area contributed by atoms with E-state index in [2.05, 4.69) is 0 Å². The molecule has 1 unspecified atom stereocenters. The maximum atomic E-state index is 10.4. The number of thiophene rings is 1. The second-order valence-corrected chi connectivity index (χ2v) is 5.28. The summed E-state index contributed by atoms with van der Waals surface area (Å²) >= 11 is 1.62. The molecule has 0 amide bonds. The Labute approximate surface area is 122 Å². The Morgan fingerprint density at radius 2 is 1.70 bits per heavy atom. The predicted octanol–water partition coefficient (Wildman–Crippen LogP) is 3.05. The average molecular weight is 294 g/mol. The van der Waals surface area contributed by atoms with Gasteiger partial charge >= 0.3 is 0 Å². The van der Waals surface area contributed by atoms with Gasteiger partial charge in [0.25, 0.3) is 0 Å². The van der Waals surface area contributed by atoms with Crippen LogP contribution >= 0.6 is 11.3 Å². The highest BCUT2D eigenvalue weighted by atomic mass is 32.1. The van der Waals surface area contributed by atoms with Gasteiger partial charge in [-0.3, -0.25) is 0 Å². The predicted molar refractivity (Wildman–Crippen MR) is 79.1 cm³/mol. The Balaban J connectivity index is 2.33. The van der Waals surface area contributed by atoms with Crippen molar-refractivity contribution in [3.05, 3.63) is 40.1 Å². The van der Waals surface area contributed by atoms with Gasteiger partial charge in [-0.2, -0.15) is 0 Å². The van der Waals surface area contributed by atoms with Gasteiger partial charge < -0.3 is 19.3 Å². The lowest BCUT2D eigenvalue weighted by Gasteiger charge is -2.17. The Kier molecular flexibility index (Phi) is 4.87. The fraction of sp³-hybridized carbons (Fsp3) is 0.333. The maximum absolute atomic E-state index is 10.4. The van der Waals surface area contributed by atoms with Crippen molar-refractivity contribution in [2.24, 2.45) is 0 Å². The number of hydrogen-bond donors (Lipinski definition) is 1. The minimum atomic E-state index is -0.650. The molecule has 1 heterocycles. The minimum absolute atomic E-state index is 0.545. The third kappa shape index (κ3) is 3.05. The summed E-state index contributed by atoms with van der Waals surface area (Å²) in [6, 6.07) is 7.46. The van der Waals surface area contributed by atoms with E-state index < -0.39 is 6.10 Å². The molecule has 0 radical (unpaired) electrons. The van der Waals surface area contributed by atoms with Gasteiger partial charge in [0.2, 0.25) is 0 Å². The van der Waals surface area contributed by atoms with Crippen LogP contribution in [-0.2, 0) is 6.42 Å². The molecule has 1 N–H and O–H groups in total. The highest BCUT2D eigenvalue weighted by Crippen LogP contribution is 2.38. The maximum Gasteiger partial charge on any atom is 0.164 e. The van der Waals surface area contributed by atoms with E-state index in [0.29, 0.717) is 29.2 Å². The van der Waals surface area contributed by atoms with E-state index in [9.17, 15) is 5.11 Å². The van der Waals surface area contributed by atoms with E-state index >= 15 is 0 Å². The number of aliphatic hydroxyl groups is 1. The number of rotatable bonds is 6. The van der Waals surface area contributed by atoms with Gasteiger partial charge in [0.1, 0.15) is 5.75 Å². The highest BCUT2D eigenvalue weighted by molar-refractivity contribution is 7.09. The molecule has 0 spiro atoms. The molecule has 0 aliphatic carbocycles. The van der Waals surface area contributed by atoms with Crippen LogP contribution in [0.1, 0.15) is 16.5 Å². The standard InChI is InChI=1S/C15H18O4S/c1-17-13-9-15(19-3)14(18-2)8-11(13)12(16)7-10-5-4-6-20-10/h4-6,8-9,12,16H,7H2,1-3H3. The summed E-state index contributed by atoms with van der Waals surface area (Å²) in [6.45, 7) is 0. The molecule has 5 heteroatoms. The van der Waals surface area contributed by atoms with Crippen molar-refractivity contribution < 1.29 is 19.3 Å². The molecular formula is C15H18O4S. The Morgan fingerprint density at radius 3 is 2.25 bits per heavy atom. The fourth-order valence-corrected chi connectivity index (χ4v) is 2.79. The Morgan fingerprint density at radius 1 is 1.05 bits per heavy atom. The van der Waals surface area contributed by atoms with Crippen molar-refractivity contribution in [2.45, 2.75) is 12.5 Å². The van der Waals surface area contributed by atoms with E-state index in [1.54, 1.807) is 44.8 Å². The van der Waals surface area contributed by atoms with E-state index in [0.717, 1.165) is 4.88 Å². The molecule has 2 aromatic rings. The molecule has 1 aromatic carbocycles. The first kappa shape index (κ1) is 14.7. The zero-order chi connectivity index (χ0) is 14.5. The Hall–Kier alpha value is -1.72. The van der Waals surface area contributed by atoms with Crippen molar-refractivity contribution >= 4 is 11.3 Å². The number of hydrogen-bond acceptors (Lipinski definition) is 5. The third-order valence-electron chi connectivity index (χ3n) is 3.07. The van der Waals surface area contributed by atoms with Gasteiger partial charge in [0, 0.05) is 22.9 Å². The summed E-state index contributed by atoms with van der Waals surface area (Å²) in [6.07, 6.45) is -0.104. The minimum Gasteiger partial charge on any atom is -0.496 e. The van der Waals surface area contributed by atoms with Crippen molar-refractivity contribution in [2.75, 3.05) is 21.3 Å². The van der Waals surface area contributed by atoms with Gasteiger partial charge in [0.05, 0.1) is 27.4 Å². The SMILES string of the molecule is COc1cc(OC)c(C(O)Cc2cccs2)cc1OC. The van der Waals surface area contributed by atoms with Crippen LogP contribution in [0.25, 0.3) is 0 Å². The van der Waals surface area contributed by atoms with Crippen LogP contribution in [0.3, 0.4) is 0 Å². The molecule has 0 saturated heterocycles. The molecule has 0 saturated carbocycles. The van der Waals surface area contributed by atoms with E-state index in [-0.39, 0.29) is 0 Å². The highest BCUT2D eigenvalue weighted by Gasteiger charge is 2.18. The summed E-state index contributed by atoms with van der Waals surface area (Å²) < 4.78 is 15.8. The number of aliphatic hydroxyl groups excluding tert-OH is 1. The van der Waals surface area contributed by atoms with Gasteiger partial charge in [-0.15, -0.1) is 11.3 Å². The number of methoxy groups -OCH3 is 3. The van der Waals surface area contributed by atoms with Gasteiger partial charge in [-0.1, -0.05) is 6.07 Å². The molecule has 0 fully saturated rings. The van der Waals surface area contributed by atoms with Crippen LogP contribution in [0.5, 0.6) is 17.2 Å². The van der Waals surface area contributed by atoms with Crippen LogP contribution in [0.15, 0.2) is 29.6 Å². The largest absolute Gasteiger partial charge is 0.496 e. The van der Waals surface area contributed by atoms with Gasteiger partial charge in [-0.05, 0) is 17.5 Å². The molecule has 2 rings (SSSR count). The zero-order valence-electron chi connectivity index (χ0n) is 11.8. The van der Waals surface area contributed by atoms with Crippen LogP contribution in [0, 0.1) is 0 Å². The molecule has 0 aliphatic heterocycles. The van der Waals surface area contributed by atoms with Gasteiger partial charge in [0.15, 0.2) is 11.5 Å². The molecule has 108 valence electrons. The fourth-order valence-electron chi connectivity index (χ4n) is 2.04. The second-order valence-electron chi connectivity index (χ2n) is 4.25. The first-order chi connectivity index (χ1) is 9.69.